The van der Waals surface area contributed by atoms with Crippen LogP contribution in [0.2, 0.25) is 0 Å². The van der Waals surface area contributed by atoms with Crippen LogP contribution in [0.1, 0.15) is 84.5 Å². The van der Waals surface area contributed by atoms with Crippen LogP contribution in [0.4, 0.5) is 0 Å². The third-order valence-electron chi connectivity index (χ3n) is 4.16. The summed E-state index contributed by atoms with van der Waals surface area (Å²) >= 11 is 1.65. The molecule has 1 unspecified atom stereocenters. The van der Waals surface area contributed by atoms with Gasteiger partial charge in [-0.3, -0.25) is 4.79 Å². The van der Waals surface area contributed by atoms with Gasteiger partial charge in [0, 0.05) is 10.3 Å². The zero-order valence-electron chi connectivity index (χ0n) is 16.5. The third-order valence-corrected chi connectivity index (χ3v) is 5.34. The minimum Gasteiger partial charge on any atom is -0.361 e. The monoisotopic (exact) mass is 363 g/mol. The first-order chi connectivity index (χ1) is 11.5. The van der Waals surface area contributed by atoms with Gasteiger partial charge in [-0.2, -0.15) is 0 Å². The largest absolute Gasteiger partial charge is 0.361 e. The summed E-state index contributed by atoms with van der Waals surface area (Å²) in [6.07, 6.45) is 0.841. The molecule has 2 heterocycles. The number of nitrogens with one attached hydrogen (secondary N) is 1. The third kappa shape index (κ3) is 4.48. The van der Waals surface area contributed by atoms with Gasteiger partial charge in [0.1, 0.15) is 22.0 Å². The SMILES string of the molecule is Cc1nc(C(CC(C)C)NC(=O)c2c(C(C)(C)C)noc2C)sc1C. The molecule has 0 aliphatic rings. The number of aryl methyl sites for hydroxylation is 3. The van der Waals surface area contributed by atoms with E-state index < -0.39 is 0 Å². The molecule has 25 heavy (non-hydrogen) atoms. The van der Waals surface area contributed by atoms with Crippen molar-refractivity contribution in [1.29, 1.82) is 0 Å². The number of carbonyl (C=O) groups is 1. The number of carbonyl (C=O) groups excluding carboxylic acids is 1. The van der Waals surface area contributed by atoms with E-state index in [0.717, 1.165) is 17.1 Å². The molecule has 2 aromatic heterocycles. The fraction of sp³-hybridized carbons (Fsp3) is 0.632. The van der Waals surface area contributed by atoms with Crippen molar-refractivity contribution in [3.8, 4) is 0 Å². The summed E-state index contributed by atoms with van der Waals surface area (Å²) < 4.78 is 5.31. The van der Waals surface area contributed by atoms with Gasteiger partial charge in [-0.1, -0.05) is 39.8 Å². The van der Waals surface area contributed by atoms with E-state index >= 15 is 0 Å². The number of nitrogens with zero attached hydrogens (tertiary/aromatic N) is 2. The molecule has 1 N–H and O–H groups in total. The molecule has 2 rings (SSSR count). The van der Waals surface area contributed by atoms with Crippen LogP contribution < -0.4 is 5.32 Å². The van der Waals surface area contributed by atoms with E-state index in [9.17, 15) is 4.79 Å². The van der Waals surface area contributed by atoms with Crippen molar-refractivity contribution in [2.45, 2.75) is 73.3 Å². The normalized spacial score (nSPS) is 13.3. The maximum Gasteiger partial charge on any atom is 0.257 e. The van der Waals surface area contributed by atoms with E-state index in [4.69, 9.17) is 4.52 Å². The van der Waals surface area contributed by atoms with Crippen LogP contribution in [0, 0.1) is 26.7 Å². The van der Waals surface area contributed by atoms with Crippen molar-refractivity contribution < 1.29 is 9.32 Å². The lowest BCUT2D eigenvalue weighted by Gasteiger charge is -2.20. The van der Waals surface area contributed by atoms with Crippen LogP contribution in [0.3, 0.4) is 0 Å². The topological polar surface area (TPSA) is 68.0 Å². The Kier molecular flexibility index (Phi) is 5.72. The zero-order valence-corrected chi connectivity index (χ0v) is 17.3. The van der Waals surface area contributed by atoms with Crippen LogP contribution in [0.5, 0.6) is 0 Å². The molecule has 0 saturated carbocycles. The predicted molar refractivity (Wildman–Crippen MR) is 101 cm³/mol. The zero-order chi connectivity index (χ0) is 18.9. The molecule has 0 spiro atoms. The summed E-state index contributed by atoms with van der Waals surface area (Å²) in [6, 6.07) is -0.105. The molecule has 0 aromatic carbocycles. The first-order valence-electron chi connectivity index (χ1n) is 8.72. The Labute approximate surface area is 154 Å². The summed E-state index contributed by atoms with van der Waals surface area (Å²) in [5.41, 5.74) is 2.01. The van der Waals surface area contributed by atoms with Crippen LogP contribution in [-0.2, 0) is 5.41 Å². The van der Waals surface area contributed by atoms with Crippen molar-refractivity contribution in [2.24, 2.45) is 5.92 Å². The van der Waals surface area contributed by atoms with Gasteiger partial charge in [0.2, 0.25) is 0 Å². The highest BCUT2D eigenvalue weighted by Crippen LogP contribution is 2.30. The summed E-state index contributed by atoms with van der Waals surface area (Å²) in [4.78, 5) is 18.9. The smallest absolute Gasteiger partial charge is 0.257 e. The summed E-state index contributed by atoms with van der Waals surface area (Å²) in [6.45, 7) is 16.2. The highest BCUT2D eigenvalue weighted by Gasteiger charge is 2.30. The van der Waals surface area contributed by atoms with Crippen molar-refractivity contribution in [2.75, 3.05) is 0 Å². The molecule has 0 fully saturated rings. The van der Waals surface area contributed by atoms with Gasteiger partial charge in [0.05, 0.1) is 11.7 Å². The Morgan fingerprint density at radius 1 is 1.24 bits per heavy atom. The number of thiazole rings is 1. The predicted octanol–water partition coefficient (Wildman–Crippen LogP) is 4.87. The summed E-state index contributed by atoms with van der Waals surface area (Å²) in [5, 5.41) is 8.25. The van der Waals surface area contributed by atoms with Crippen LogP contribution in [0.25, 0.3) is 0 Å². The Hall–Kier alpha value is -1.69. The molecule has 0 radical (unpaired) electrons. The van der Waals surface area contributed by atoms with Crippen molar-refractivity contribution in [3.63, 3.8) is 0 Å². The summed E-state index contributed by atoms with van der Waals surface area (Å²) in [5.74, 6) is 0.859. The van der Waals surface area contributed by atoms with E-state index in [1.54, 1.807) is 18.3 Å². The Bertz CT molecular complexity index is 734. The second kappa shape index (κ2) is 7.28. The van der Waals surface area contributed by atoms with Crippen LogP contribution in [0.15, 0.2) is 4.52 Å². The average Bonchev–Trinajstić information content (AvgIpc) is 3.01. The molecule has 2 aromatic rings. The number of rotatable bonds is 5. The highest BCUT2D eigenvalue weighted by molar-refractivity contribution is 7.11. The van der Waals surface area contributed by atoms with Crippen LogP contribution in [-0.4, -0.2) is 16.0 Å². The standard InChI is InChI=1S/C19H29N3O2S/c1-10(2)9-14(18-20-11(3)13(5)25-18)21-17(23)15-12(4)24-22-16(15)19(6,7)8/h10,14H,9H2,1-8H3,(H,21,23). The van der Waals surface area contributed by atoms with E-state index in [1.165, 1.54) is 4.88 Å². The number of amides is 1. The molecular formula is C19H29N3O2S. The van der Waals surface area contributed by atoms with E-state index in [1.807, 2.05) is 27.7 Å². The number of aromatic nitrogens is 2. The van der Waals surface area contributed by atoms with E-state index in [0.29, 0.717) is 22.9 Å². The Morgan fingerprint density at radius 3 is 2.36 bits per heavy atom. The molecule has 1 amide bonds. The van der Waals surface area contributed by atoms with Crippen molar-refractivity contribution in [1.82, 2.24) is 15.5 Å². The number of hydrogen-bond donors (Lipinski definition) is 1. The second-order valence-electron chi connectivity index (χ2n) is 8.06. The lowest BCUT2D eigenvalue weighted by molar-refractivity contribution is 0.0928. The molecule has 0 bridgehead atoms. The molecule has 0 aliphatic carbocycles. The second-order valence-corrected chi connectivity index (χ2v) is 9.30. The Balaban J connectivity index is 2.33. The van der Waals surface area contributed by atoms with Crippen molar-refractivity contribution >= 4 is 17.2 Å². The molecule has 1 atom stereocenters. The van der Waals surface area contributed by atoms with E-state index in [-0.39, 0.29) is 17.4 Å². The summed E-state index contributed by atoms with van der Waals surface area (Å²) in [7, 11) is 0. The van der Waals surface area contributed by atoms with Gasteiger partial charge in [-0.05, 0) is 33.1 Å². The molecule has 0 saturated heterocycles. The first-order valence-corrected chi connectivity index (χ1v) is 9.53. The van der Waals surface area contributed by atoms with E-state index in [2.05, 4.69) is 36.2 Å². The van der Waals surface area contributed by atoms with Gasteiger partial charge in [0.15, 0.2) is 0 Å². The van der Waals surface area contributed by atoms with Crippen LogP contribution >= 0.6 is 11.3 Å². The maximum absolute atomic E-state index is 13.0. The highest BCUT2D eigenvalue weighted by atomic mass is 32.1. The molecule has 138 valence electrons. The van der Waals surface area contributed by atoms with Crippen molar-refractivity contribution in [3.05, 3.63) is 32.6 Å². The Morgan fingerprint density at radius 2 is 1.88 bits per heavy atom. The quantitative estimate of drug-likeness (QED) is 0.823. The minimum atomic E-state index is -0.258. The molecule has 5 nitrogen and oxygen atoms in total. The van der Waals surface area contributed by atoms with Gasteiger partial charge in [-0.15, -0.1) is 11.3 Å². The molecule has 6 heteroatoms. The number of hydrogen-bond acceptors (Lipinski definition) is 5. The van der Waals surface area contributed by atoms with Gasteiger partial charge < -0.3 is 9.84 Å². The lowest BCUT2D eigenvalue weighted by Crippen LogP contribution is -2.31. The van der Waals surface area contributed by atoms with Gasteiger partial charge >= 0.3 is 0 Å². The minimum absolute atomic E-state index is 0.105. The maximum atomic E-state index is 13.0. The lowest BCUT2D eigenvalue weighted by atomic mass is 9.88. The fourth-order valence-electron chi connectivity index (χ4n) is 2.72. The fourth-order valence-corrected chi connectivity index (χ4v) is 3.71. The average molecular weight is 364 g/mol. The van der Waals surface area contributed by atoms with Gasteiger partial charge in [0.25, 0.3) is 5.91 Å². The molecule has 0 aliphatic heterocycles. The molecular weight excluding hydrogens is 334 g/mol. The first kappa shape index (κ1) is 19.6. The van der Waals surface area contributed by atoms with Gasteiger partial charge in [-0.25, -0.2) is 4.98 Å².